The SMILES string of the molecule is CC(C)(C)SNC1CCC(CNc2ccc(C(=O)NC3CCCCC3)cc2)CC1. The lowest BCUT2D eigenvalue weighted by Gasteiger charge is -2.31. The summed E-state index contributed by atoms with van der Waals surface area (Å²) in [6.45, 7) is 7.79. The van der Waals surface area contributed by atoms with E-state index in [-0.39, 0.29) is 10.7 Å². The second-order valence-corrected chi connectivity index (χ2v) is 11.5. The molecule has 29 heavy (non-hydrogen) atoms. The molecule has 5 heteroatoms. The smallest absolute Gasteiger partial charge is 0.251 e. The standard InChI is InChI=1S/C24H39N3OS/c1-24(2,3)29-27-22-13-9-18(10-14-22)17-25-20-15-11-19(12-16-20)23(28)26-21-7-5-4-6-8-21/h11-12,15-16,18,21-22,25,27H,4-10,13-14,17H2,1-3H3,(H,26,28). The van der Waals surface area contributed by atoms with Crippen LogP contribution in [-0.4, -0.2) is 29.3 Å². The molecule has 0 radical (unpaired) electrons. The van der Waals surface area contributed by atoms with E-state index in [4.69, 9.17) is 0 Å². The van der Waals surface area contributed by atoms with Gasteiger partial charge in [-0.1, -0.05) is 31.2 Å². The lowest BCUT2D eigenvalue weighted by molar-refractivity contribution is 0.0927. The molecular formula is C24H39N3OS. The predicted octanol–water partition coefficient (Wildman–Crippen LogP) is 5.76. The molecule has 0 aromatic heterocycles. The summed E-state index contributed by atoms with van der Waals surface area (Å²) in [6.07, 6.45) is 11.1. The molecule has 2 saturated carbocycles. The van der Waals surface area contributed by atoms with Crippen molar-refractivity contribution in [1.29, 1.82) is 0 Å². The molecule has 0 heterocycles. The minimum atomic E-state index is 0.0717. The van der Waals surface area contributed by atoms with Gasteiger partial charge in [0.05, 0.1) is 0 Å². The van der Waals surface area contributed by atoms with E-state index < -0.39 is 0 Å². The summed E-state index contributed by atoms with van der Waals surface area (Å²) in [4.78, 5) is 12.4. The number of amides is 1. The molecule has 1 aromatic rings. The van der Waals surface area contributed by atoms with Crippen molar-refractivity contribution in [1.82, 2.24) is 10.0 Å². The fourth-order valence-electron chi connectivity index (χ4n) is 4.26. The van der Waals surface area contributed by atoms with E-state index in [9.17, 15) is 4.79 Å². The predicted molar refractivity (Wildman–Crippen MR) is 125 cm³/mol. The zero-order chi connectivity index (χ0) is 20.7. The van der Waals surface area contributed by atoms with Gasteiger partial charge in [-0.05, 0) is 89.5 Å². The molecule has 2 fully saturated rings. The van der Waals surface area contributed by atoms with E-state index in [0.717, 1.165) is 36.6 Å². The van der Waals surface area contributed by atoms with Gasteiger partial charge in [0.1, 0.15) is 0 Å². The molecule has 0 bridgehead atoms. The maximum atomic E-state index is 12.4. The number of carbonyl (C=O) groups is 1. The lowest BCUT2D eigenvalue weighted by Crippen LogP contribution is -2.36. The van der Waals surface area contributed by atoms with Crippen LogP contribution in [0.25, 0.3) is 0 Å². The highest BCUT2D eigenvalue weighted by atomic mass is 32.2. The summed E-state index contributed by atoms with van der Waals surface area (Å²) < 4.78 is 3.94. The second-order valence-electron chi connectivity index (χ2n) is 9.82. The molecule has 0 saturated heterocycles. The first-order valence-electron chi connectivity index (χ1n) is 11.5. The Morgan fingerprint density at radius 3 is 2.21 bits per heavy atom. The summed E-state index contributed by atoms with van der Waals surface area (Å²) in [7, 11) is 0. The zero-order valence-electron chi connectivity index (χ0n) is 18.4. The van der Waals surface area contributed by atoms with Crippen molar-refractivity contribution >= 4 is 23.5 Å². The molecule has 3 N–H and O–H groups in total. The average Bonchev–Trinajstić information content (AvgIpc) is 2.72. The first-order chi connectivity index (χ1) is 13.9. The van der Waals surface area contributed by atoms with E-state index in [0.29, 0.717) is 12.1 Å². The third-order valence-corrected chi connectivity index (χ3v) is 7.12. The summed E-state index contributed by atoms with van der Waals surface area (Å²) in [6, 6.07) is 9.00. The largest absolute Gasteiger partial charge is 0.385 e. The summed E-state index contributed by atoms with van der Waals surface area (Å²) in [5, 5.41) is 6.77. The molecule has 1 aromatic carbocycles. The van der Waals surface area contributed by atoms with Gasteiger partial charge in [-0.25, -0.2) is 0 Å². The Hall–Kier alpha value is -1.20. The van der Waals surface area contributed by atoms with Gasteiger partial charge in [0.15, 0.2) is 0 Å². The fraction of sp³-hybridized carbons (Fsp3) is 0.708. The highest BCUT2D eigenvalue weighted by Crippen LogP contribution is 2.28. The minimum absolute atomic E-state index is 0.0717. The third-order valence-electron chi connectivity index (χ3n) is 6.06. The molecular weight excluding hydrogens is 378 g/mol. The van der Waals surface area contributed by atoms with Crippen LogP contribution in [0.5, 0.6) is 0 Å². The Morgan fingerprint density at radius 1 is 0.931 bits per heavy atom. The van der Waals surface area contributed by atoms with Crippen molar-refractivity contribution < 1.29 is 4.79 Å². The molecule has 0 aliphatic heterocycles. The van der Waals surface area contributed by atoms with E-state index in [1.165, 1.54) is 44.9 Å². The Kier molecular flexibility index (Phi) is 8.31. The average molecular weight is 418 g/mol. The van der Waals surface area contributed by atoms with Gasteiger partial charge in [-0.15, -0.1) is 0 Å². The Morgan fingerprint density at radius 2 is 1.59 bits per heavy atom. The molecule has 0 unspecified atom stereocenters. The van der Waals surface area contributed by atoms with E-state index in [1.54, 1.807) is 0 Å². The van der Waals surface area contributed by atoms with Crippen LogP contribution in [0.4, 0.5) is 5.69 Å². The van der Waals surface area contributed by atoms with Crippen molar-refractivity contribution in [3.8, 4) is 0 Å². The van der Waals surface area contributed by atoms with Crippen molar-refractivity contribution in [2.45, 2.75) is 95.4 Å². The zero-order valence-corrected chi connectivity index (χ0v) is 19.2. The molecule has 2 aliphatic carbocycles. The van der Waals surface area contributed by atoms with Gasteiger partial charge < -0.3 is 10.6 Å². The van der Waals surface area contributed by atoms with Crippen LogP contribution in [0, 0.1) is 5.92 Å². The normalized spacial score (nSPS) is 23.6. The molecule has 0 spiro atoms. The monoisotopic (exact) mass is 417 g/mol. The number of rotatable bonds is 7. The Labute approximate surface area is 181 Å². The molecule has 0 atom stereocenters. The fourth-order valence-corrected chi connectivity index (χ4v) is 5.02. The van der Waals surface area contributed by atoms with Crippen LogP contribution < -0.4 is 15.4 Å². The van der Waals surface area contributed by atoms with Gasteiger partial charge >= 0.3 is 0 Å². The topological polar surface area (TPSA) is 53.2 Å². The van der Waals surface area contributed by atoms with Gasteiger partial charge in [0, 0.05) is 34.6 Å². The highest BCUT2D eigenvalue weighted by Gasteiger charge is 2.23. The van der Waals surface area contributed by atoms with Crippen molar-refractivity contribution in [3.63, 3.8) is 0 Å². The maximum absolute atomic E-state index is 12.4. The first-order valence-corrected chi connectivity index (χ1v) is 12.3. The Bertz CT molecular complexity index is 627. The van der Waals surface area contributed by atoms with E-state index in [2.05, 4.69) is 36.1 Å². The molecule has 4 nitrogen and oxygen atoms in total. The summed E-state index contributed by atoms with van der Waals surface area (Å²) in [5.74, 6) is 0.810. The molecule has 3 rings (SSSR count). The van der Waals surface area contributed by atoms with Crippen LogP contribution in [0.1, 0.15) is 88.9 Å². The van der Waals surface area contributed by atoms with Crippen molar-refractivity contribution in [2.75, 3.05) is 11.9 Å². The number of hydrogen-bond acceptors (Lipinski definition) is 4. The van der Waals surface area contributed by atoms with Crippen LogP contribution in [0.15, 0.2) is 24.3 Å². The number of carbonyl (C=O) groups excluding carboxylic acids is 1. The van der Waals surface area contributed by atoms with Crippen LogP contribution >= 0.6 is 11.9 Å². The second kappa shape index (κ2) is 10.7. The number of nitrogens with one attached hydrogen (secondary N) is 3. The van der Waals surface area contributed by atoms with E-state index in [1.807, 2.05) is 36.2 Å². The molecule has 1 amide bonds. The van der Waals surface area contributed by atoms with Gasteiger partial charge in [0.2, 0.25) is 0 Å². The van der Waals surface area contributed by atoms with Gasteiger partial charge in [-0.2, -0.15) is 0 Å². The number of hydrogen-bond donors (Lipinski definition) is 3. The maximum Gasteiger partial charge on any atom is 0.251 e. The first kappa shape index (κ1) is 22.5. The van der Waals surface area contributed by atoms with Crippen LogP contribution in [0.3, 0.4) is 0 Å². The third kappa shape index (κ3) is 7.86. The molecule has 2 aliphatic rings. The molecule has 162 valence electrons. The van der Waals surface area contributed by atoms with Crippen molar-refractivity contribution in [2.24, 2.45) is 5.92 Å². The van der Waals surface area contributed by atoms with Crippen molar-refractivity contribution in [3.05, 3.63) is 29.8 Å². The van der Waals surface area contributed by atoms with Gasteiger partial charge in [0.25, 0.3) is 5.91 Å². The number of benzene rings is 1. The van der Waals surface area contributed by atoms with Crippen LogP contribution in [0.2, 0.25) is 0 Å². The number of anilines is 1. The minimum Gasteiger partial charge on any atom is -0.385 e. The quantitative estimate of drug-likeness (QED) is 0.494. The summed E-state index contributed by atoms with van der Waals surface area (Å²) in [5.41, 5.74) is 1.88. The van der Waals surface area contributed by atoms with Crippen LogP contribution in [-0.2, 0) is 0 Å². The van der Waals surface area contributed by atoms with Gasteiger partial charge in [-0.3, -0.25) is 9.52 Å². The highest BCUT2D eigenvalue weighted by molar-refractivity contribution is 7.98. The van der Waals surface area contributed by atoms with E-state index >= 15 is 0 Å². The summed E-state index contributed by atoms with van der Waals surface area (Å²) >= 11 is 1.87. The lowest BCUT2D eigenvalue weighted by atomic mass is 9.86. The Balaban J connectivity index is 1.36.